The Labute approximate surface area is 363 Å². The van der Waals surface area contributed by atoms with E-state index in [1.165, 1.54) is 0 Å². The molecule has 0 aromatic heterocycles. The molecule has 8 rings (SSSR count). The minimum absolute atomic E-state index is 0.124. The molecule has 13 heteroatoms. The van der Waals surface area contributed by atoms with Crippen LogP contribution in [-0.4, -0.2) is 113 Å². The highest BCUT2D eigenvalue weighted by atomic mass is 16.5. The zero-order chi connectivity index (χ0) is 43.2. The maximum atomic E-state index is 13.9. The van der Waals surface area contributed by atoms with Crippen molar-refractivity contribution in [3.8, 4) is 28.7 Å². The average molecular weight is 839 g/mol. The van der Waals surface area contributed by atoms with Crippen LogP contribution in [-0.2, 0) is 0 Å². The Morgan fingerprint density at radius 2 is 1.11 bits per heavy atom. The number of carbonyl (C=O) groups is 2. The third-order valence-corrected chi connectivity index (χ3v) is 11.5. The fourth-order valence-corrected chi connectivity index (χ4v) is 8.07. The lowest BCUT2D eigenvalue weighted by Gasteiger charge is -2.19. The molecule has 1 N–H and O–H groups in total. The van der Waals surface area contributed by atoms with E-state index in [0.29, 0.717) is 78.2 Å². The molecular formula is C49H54N6O7. The normalized spacial score (nSPS) is 17.4. The fraction of sp³-hybridized carbons (Fsp3) is 0.347. The molecule has 0 fully saturated rings. The molecule has 2 amide bonds. The summed E-state index contributed by atoms with van der Waals surface area (Å²) < 4.78 is 29.6. The van der Waals surface area contributed by atoms with Crippen LogP contribution in [0.25, 0.3) is 11.1 Å². The number of carbonyl (C=O) groups excluding carboxylic acids is 2. The standard InChI is InChI=1S/C49H54N6O7/c1-50-36-14-10-32(11-15-36)34-22-37-28-51-42-26-46(44(58-4)24-40(42)48(56)54(37)30-34)61-19-7-6-8-20-62-47-27-43-41(25-45(47)59-5)49(57)55-31-35(23-38(55)29-52-43)33-12-16-39(17-13-33)60-21-9-18-53(2)3/h10-17,24-31,37-38,50H,6-9,18-23H2,1-5H3/t37-,38-/m0/s1. The van der Waals surface area contributed by atoms with E-state index >= 15 is 0 Å². The van der Waals surface area contributed by atoms with Gasteiger partial charge in [-0.25, -0.2) is 0 Å². The van der Waals surface area contributed by atoms with E-state index in [1.807, 2.05) is 68.3 Å². The summed E-state index contributed by atoms with van der Waals surface area (Å²) in [7, 11) is 9.14. The highest BCUT2D eigenvalue weighted by molar-refractivity contribution is 6.06. The van der Waals surface area contributed by atoms with Crippen molar-refractivity contribution < 1.29 is 33.3 Å². The number of hydrogen-bond donors (Lipinski definition) is 1. The van der Waals surface area contributed by atoms with Crippen molar-refractivity contribution in [2.24, 2.45) is 9.98 Å². The van der Waals surface area contributed by atoms with E-state index in [4.69, 9.17) is 33.7 Å². The van der Waals surface area contributed by atoms with Crippen LogP contribution in [0, 0.1) is 0 Å². The first-order valence-electron chi connectivity index (χ1n) is 21.2. The molecule has 322 valence electrons. The smallest absolute Gasteiger partial charge is 0.260 e. The molecule has 4 heterocycles. The third kappa shape index (κ3) is 9.18. The van der Waals surface area contributed by atoms with Gasteiger partial charge >= 0.3 is 0 Å². The quantitative estimate of drug-likeness (QED) is 0.0981. The average Bonchev–Trinajstić information content (AvgIpc) is 3.87. The number of nitrogens with one attached hydrogen (secondary N) is 1. The van der Waals surface area contributed by atoms with Crippen LogP contribution in [0.5, 0.6) is 28.7 Å². The number of methoxy groups -OCH3 is 2. The summed E-state index contributed by atoms with van der Waals surface area (Å²) in [5.41, 5.74) is 7.36. The molecule has 0 saturated carbocycles. The van der Waals surface area contributed by atoms with Crippen molar-refractivity contribution in [1.82, 2.24) is 14.7 Å². The van der Waals surface area contributed by atoms with E-state index in [2.05, 4.69) is 36.4 Å². The Morgan fingerprint density at radius 1 is 0.629 bits per heavy atom. The molecule has 4 aromatic carbocycles. The van der Waals surface area contributed by atoms with Gasteiger partial charge in [0.1, 0.15) is 5.75 Å². The van der Waals surface area contributed by atoms with E-state index in [9.17, 15) is 9.59 Å². The van der Waals surface area contributed by atoms with Crippen LogP contribution < -0.4 is 29.0 Å². The minimum Gasteiger partial charge on any atom is -0.494 e. The SMILES string of the molecule is CNc1ccc(C2=CN3C(=O)c4cc(OC)c(OCCCCCOc5cc6c(cc5OC)C(=O)N5C=C(c7ccc(OCCCN(C)C)cc7)C[C@H]5C=N6)cc4N=C[C@@H]3C2)cc1. The Morgan fingerprint density at radius 3 is 1.58 bits per heavy atom. The third-order valence-electron chi connectivity index (χ3n) is 11.5. The molecule has 4 aromatic rings. The van der Waals surface area contributed by atoms with Crippen LogP contribution in [0.2, 0.25) is 0 Å². The second-order valence-corrected chi connectivity index (χ2v) is 16.0. The highest BCUT2D eigenvalue weighted by Gasteiger charge is 2.35. The predicted octanol–water partition coefficient (Wildman–Crippen LogP) is 8.65. The summed E-state index contributed by atoms with van der Waals surface area (Å²) >= 11 is 0. The molecule has 0 bridgehead atoms. The summed E-state index contributed by atoms with van der Waals surface area (Å²) in [4.78, 5) is 42.8. The van der Waals surface area contributed by atoms with Gasteiger partial charge in [-0.15, -0.1) is 0 Å². The number of rotatable bonds is 18. The van der Waals surface area contributed by atoms with Crippen LogP contribution in [0.15, 0.2) is 95.2 Å². The van der Waals surface area contributed by atoms with Gasteiger partial charge in [-0.2, -0.15) is 0 Å². The first-order valence-corrected chi connectivity index (χ1v) is 21.2. The molecule has 0 spiro atoms. The number of nitrogens with zero attached hydrogens (tertiary/aromatic N) is 5. The van der Waals surface area contributed by atoms with Gasteiger partial charge in [0.2, 0.25) is 0 Å². The van der Waals surface area contributed by atoms with Crippen molar-refractivity contribution in [1.29, 1.82) is 0 Å². The van der Waals surface area contributed by atoms with Crippen molar-refractivity contribution >= 4 is 52.5 Å². The van der Waals surface area contributed by atoms with E-state index in [-0.39, 0.29) is 23.9 Å². The van der Waals surface area contributed by atoms with Gasteiger partial charge in [-0.05, 0) is 98.4 Å². The van der Waals surface area contributed by atoms with Crippen LogP contribution in [0.3, 0.4) is 0 Å². The number of benzene rings is 4. The molecule has 4 aliphatic rings. The first-order chi connectivity index (χ1) is 30.2. The topological polar surface area (TPSA) is 127 Å². The maximum Gasteiger partial charge on any atom is 0.260 e. The van der Waals surface area contributed by atoms with Gasteiger partial charge in [-0.3, -0.25) is 19.6 Å². The molecule has 62 heavy (non-hydrogen) atoms. The van der Waals surface area contributed by atoms with Gasteiger partial charge in [0.25, 0.3) is 11.8 Å². The minimum atomic E-state index is -0.193. The monoisotopic (exact) mass is 838 g/mol. The molecule has 4 aliphatic heterocycles. The summed E-state index contributed by atoms with van der Waals surface area (Å²) in [6, 6.07) is 22.9. The van der Waals surface area contributed by atoms with Crippen LogP contribution >= 0.6 is 0 Å². The van der Waals surface area contributed by atoms with E-state index < -0.39 is 0 Å². The number of amides is 2. The molecule has 0 saturated heterocycles. The second kappa shape index (κ2) is 19.0. The number of ether oxygens (including phenoxy) is 5. The summed E-state index contributed by atoms with van der Waals surface area (Å²) in [6.45, 7) is 2.54. The van der Waals surface area contributed by atoms with Crippen LogP contribution in [0.1, 0.15) is 70.4 Å². The fourth-order valence-electron chi connectivity index (χ4n) is 8.07. The molecule has 2 atom stereocenters. The van der Waals surface area contributed by atoms with Crippen LogP contribution in [0.4, 0.5) is 17.1 Å². The number of unbranched alkanes of at least 4 members (excludes halogenated alkanes) is 2. The largest absolute Gasteiger partial charge is 0.494 e. The predicted molar refractivity (Wildman–Crippen MR) is 243 cm³/mol. The van der Waals surface area contributed by atoms with Gasteiger partial charge in [0, 0.05) is 69.1 Å². The maximum absolute atomic E-state index is 13.9. The van der Waals surface area contributed by atoms with E-state index in [1.54, 1.807) is 48.3 Å². The summed E-state index contributed by atoms with van der Waals surface area (Å²) in [6.07, 6.45) is 12.2. The zero-order valence-corrected chi connectivity index (χ0v) is 36.1. The second-order valence-electron chi connectivity index (χ2n) is 16.0. The van der Waals surface area contributed by atoms with Gasteiger partial charge in [-0.1, -0.05) is 24.3 Å². The van der Waals surface area contributed by atoms with Crippen molar-refractivity contribution in [2.45, 2.75) is 50.6 Å². The molecular weight excluding hydrogens is 785 g/mol. The van der Waals surface area contributed by atoms with Gasteiger partial charge in [0.05, 0.1) is 68.6 Å². The lowest BCUT2D eigenvalue weighted by Crippen LogP contribution is -2.32. The molecule has 0 radical (unpaired) electrons. The first kappa shape index (κ1) is 42.1. The number of anilines is 1. The molecule has 13 nitrogen and oxygen atoms in total. The van der Waals surface area contributed by atoms with Crippen molar-refractivity contribution in [2.75, 3.05) is 67.0 Å². The van der Waals surface area contributed by atoms with E-state index in [0.717, 1.165) is 65.9 Å². The molecule has 0 unspecified atom stereocenters. The lowest BCUT2D eigenvalue weighted by molar-refractivity contribution is 0.0809. The van der Waals surface area contributed by atoms with Gasteiger partial charge in [0.15, 0.2) is 23.0 Å². The van der Waals surface area contributed by atoms with Crippen molar-refractivity contribution in [3.05, 3.63) is 107 Å². The Balaban J connectivity index is 0.825. The number of hydrogen-bond acceptors (Lipinski definition) is 11. The Bertz CT molecular complexity index is 2410. The van der Waals surface area contributed by atoms with Crippen molar-refractivity contribution in [3.63, 3.8) is 0 Å². The van der Waals surface area contributed by atoms with Gasteiger partial charge < -0.3 is 43.7 Å². The number of aliphatic imine (C=N–C) groups is 2. The zero-order valence-electron chi connectivity index (χ0n) is 36.1. The summed E-state index contributed by atoms with van der Waals surface area (Å²) in [5, 5.41) is 3.14. The number of fused-ring (bicyclic) bond motifs is 4. The summed E-state index contributed by atoms with van der Waals surface area (Å²) in [5.74, 6) is 2.61. The highest BCUT2D eigenvalue weighted by Crippen LogP contribution is 2.42. The Kier molecular flexibility index (Phi) is 12.9. The Hall–Kier alpha value is -6.60. The lowest BCUT2D eigenvalue weighted by atomic mass is 10.0. The molecule has 0 aliphatic carbocycles.